The van der Waals surface area contributed by atoms with Crippen LogP contribution in [-0.4, -0.2) is 19.0 Å². The van der Waals surface area contributed by atoms with E-state index in [2.05, 4.69) is 10.6 Å². The zero-order valence-electron chi connectivity index (χ0n) is 10.5. The Bertz CT molecular complexity index is 533. The maximum absolute atomic E-state index is 12.1. The molecule has 1 atom stereocenters. The Morgan fingerprint density at radius 1 is 1.21 bits per heavy atom. The topological polar surface area (TPSA) is 54.3 Å². The van der Waals surface area contributed by atoms with Gasteiger partial charge in [-0.3, -0.25) is 4.79 Å². The van der Waals surface area contributed by atoms with Gasteiger partial charge in [0.2, 0.25) is 5.91 Å². The molecule has 0 bridgehead atoms. The first kappa shape index (κ1) is 12.0. The quantitative estimate of drug-likeness (QED) is 0.875. The Balaban J connectivity index is 1.82. The molecule has 0 aliphatic carbocycles. The highest BCUT2D eigenvalue weighted by atomic mass is 16.3. The molecular formula is C15H16N2O2. The lowest BCUT2D eigenvalue weighted by Crippen LogP contribution is -2.51. The maximum atomic E-state index is 12.1. The van der Waals surface area contributed by atoms with E-state index in [4.69, 9.17) is 4.42 Å². The van der Waals surface area contributed by atoms with Crippen LogP contribution in [0.25, 0.3) is 0 Å². The van der Waals surface area contributed by atoms with Crippen LogP contribution >= 0.6 is 0 Å². The molecule has 2 heterocycles. The molecule has 1 aliphatic heterocycles. The summed E-state index contributed by atoms with van der Waals surface area (Å²) in [4.78, 5) is 12.1. The Morgan fingerprint density at radius 3 is 2.58 bits per heavy atom. The van der Waals surface area contributed by atoms with Crippen LogP contribution in [0.15, 0.2) is 53.1 Å². The van der Waals surface area contributed by atoms with Gasteiger partial charge in [-0.1, -0.05) is 30.3 Å². The summed E-state index contributed by atoms with van der Waals surface area (Å²) < 4.78 is 5.45. The average Bonchev–Trinajstić information content (AvgIpc) is 2.88. The van der Waals surface area contributed by atoms with Crippen LogP contribution in [0.1, 0.15) is 17.4 Å². The number of furan rings is 1. The van der Waals surface area contributed by atoms with Crippen molar-refractivity contribution < 1.29 is 9.21 Å². The molecule has 1 amide bonds. The molecule has 1 unspecified atom stereocenters. The number of nitrogens with one attached hydrogen (secondary N) is 2. The van der Waals surface area contributed by atoms with Crippen LogP contribution < -0.4 is 10.6 Å². The molecule has 1 aromatic heterocycles. The number of carbonyl (C=O) groups excluding carboxylic acids is 1. The minimum absolute atomic E-state index is 0.0705. The lowest BCUT2D eigenvalue weighted by atomic mass is 9.99. The Hall–Kier alpha value is -2.07. The van der Waals surface area contributed by atoms with Crippen LogP contribution in [-0.2, 0) is 4.79 Å². The third-order valence-electron chi connectivity index (χ3n) is 3.40. The fourth-order valence-corrected chi connectivity index (χ4v) is 2.15. The van der Waals surface area contributed by atoms with Gasteiger partial charge in [-0.05, 0) is 17.7 Å². The molecule has 1 aromatic carbocycles. The number of hydrogen-bond acceptors (Lipinski definition) is 3. The standard InChI is InChI=1S/C15H16N2O2/c18-15(12-9-16-10-12)17-14(13-7-4-8-19-13)11-5-2-1-3-6-11/h1-8,12,14,16H,9-10H2,(H,17,18). The highest BCUT2D eigenvalue weighted by Crippen LogP contribution is 2.23. The third kappa shape index (κ3) is 2.53. The van der Waals surface area contributed by atoms with E-state index in [1.54, 1.807) is 6.26 Å². The van der Waals surface area contributed by atoms with Crippen molar-refractivity contribution in [1.29, 1.82) is 0 Å². The van der Waals surface area contributed by atoms with E-state index in [9.17, 15) is 4.79 Å². The second-order valence-corrected chi connectivity index (χ2v) is 4.72. The monoisotopic (exact) mass is 256 g/mol. The van der Waals surface area contributed by atoms with Gasteiger partial charge in [0.15, 0.2) is 0 Å². The zero-order chi connectivity index (χ0) is 13.1. The summed E-state index contributed by atoms with van der Waals surface area (Å²) in [5.41, 5.74) is 1.03. The second kappa shape index (κ2) is 5.28. The summed E-state index contributed by atoms with van der Waals surface area (Å²) in [6.45, 7) is 1.51. The molecule has 4 heteroatoms. The molecule has 3 rings (SSSR count). The molecule has 2 N–H and O–H groups in total. The Morgan fingerprint density at radius 2 is 2.00 bits per heavy atom. The molecule has 2 aromatic rings. The summed E-state index contributed by atoms with van der Waals surface area (Å²) in [5, 5.41) is 6.17. The van der Waals surface area contributed by atoms with Gasteiger partial charge in [0.1, 0.15) is 11.8 Å². The van der Waals surface area contributed by atoms with E-state index >= 15 is 0 Å². The second-order valence-electron chi connectivity index (χ2n) is 4.72. The number of amides is 1. The van der Waals surface area contributed by atoms with E-state index in [0.29, 0.717) is 0 Å². The molecule has 1 fully saturated rings. The largest absolute Gasteiger partial charge is 0.467 e. The fraction of sp³-hybridized carbons (Fsp3) is 0.267. The minimum Gasteiger partial charge on any atom is -0.467 e. The number of rotatable bonds is 4. The van der Waals surface area contributed by atoms with Crippen molar-refractivity contribution in [2.24, 2.45) is 5.92 Å². The van der Waals surface area contributed by atoms with Gasteiger partial charge in [0, 0.05) is 13.1 Å². The van der Waals surface area contributed by atoms with E-state index in [-0.39, 0.29) is 17.9 Å². The summed E-state index contributed by atoms with van der Waals surface area (Å²) in [6, 6.07) is 13.4. The summed E-state index contributed by atoms with van der Waals surface area (Å²) in [7, 11) is 0. The van der Waals surface area contributed by atoms with Crippen LogP contribution in [0.5, 0.6) is 0 Å². The van der Waals surface area contributed by atoms with Crippen molar-refractivity contribution in [2.45, 2.75) is 6.04 Å². The van der Waals surface area contributed by atoms with Crippen molar-refractivity contribution in [2.75, 3.05) is 13.1 Å². The normalized spacial score (nSPS) is 16.6. The smallest absolute Gasteiger partial charge is 0.226 e. The molecule has 0 spiro atoms. The van der Waals surface area contributed by atoms with E-state index in [1.165, 1.54) is 0 Å². The van der Waals surface area contributed by atoms with Crippen molar-refractivity contribution in [3.63, 3.8) is 0 Å². The van der Waals surface area contributed by atoms with Gasteiger partial charge in [0.05, 0.1) is 12.2 Å². The van der Waals surface area contributed by atoms with E-state index < -0.39 is 0 Å². The zero-order valence-corrected chi connectivity index (χ0v) is 10.5. The molecular weight excluding hydrogens is 240 g/mol. The Labute approximate surface area is 111 Å². The van der Waals surface area contributed by atoms with Crippen LogP contribution in [0.4, 0.5) is 0 Å². The molecule has 0 radical (unpaired) electrons. The van der Waals surface area contributed by atoms with Gasteiger partial charge in [0.25, 0.3) is 0 Å². The maximum Gasteiger partial charge on any atom is 0.226 e. The van der Waals surface area contributed by atoms with E-state index in [1.807, 2.05) is 42.5 Å². The SMILES string of the molecule is O=C(NC(c1ccccc1)c1ccco1)C1CNC1. The highest BCUT2D eigenvalue weighted by molar-refractivity contribution is 5.80. The van der Waals surface area contributed by atoms with Crippen molar-refractivity contribution in [3.05, 3.63) is 60.1 Å². The van der Waals surface area contributed by atoms with Gasteiger partial charge in [-0.25, -0.2) is 0 Å². The number of benzene rings is 1. The number of carbonyl (C=O) groups is 1. The summed E-state index contributed by atoms with van der Waals surface area (Å²) in [5.74, 6) is 0.900. The highest BCUT2D eigenvalue weighted by Gasteiger charge is 2.28. The average molecular weight is 256 g/mol. The first-order valence-electron chi connectivity index (χ1n) is 6.44. The predicted molar refractivity (Wildman–Crippen MR) is 71.5 cm³/mol. The molecule has 1 aliphatic rings. The van der Waals surface area contributed by atoms with Gasteiger partial charge >= 0.3 is 0 Å². The molecule has 1 saturated heterocycles. The lowest BCUT2D eigenvalue weighted by molar-refractivity contribution is -0.127. The van der Waals surface area contributed by atoms with Crippen molar-refractivity contribution in [3.8, 4) is 0 Å². The molecule has 4 nitrogen and oxygen atoms in total. The van der Waals surface area contributed by atoms with Crippen LogP contribution in [0.3, 0.4) is 0 Å². The van der Waals surface area contributed by atoms with Gasteiger partial charge < -0.3 is 15.1 Å². The van der Waals surface area contributed by atoms with Crippen molar-refractivity contribution >= 4 is 5.91 Å². The van der Waals surface area contributed by atoms with Crippen LogP contribution in [0, 0.1) is 5.92 Å². The third-order valence-corrected chi connectivity index (χ3v) is 3.40. The van der Waals surface area contributed by atoms with Crippen LogP contribution in [0.2, 0.25) is 0 Å². The minimum atomic E-state index is -0.218. The fourth-order valence-electron chi connectivity index (χ4n) is 2.15. The Kier molecular flexibility index (Phi) is 3.33. The first-order valence-corrected chi connectivity index (χ1v) is 6.44. The molecule has 0 saturated carbocycles. The van der Waals surface area contributed by atoms with Gasteiger partial charge in [-0.15, -0.1) is 0 Å². The summed E-state index contributed by atoms with van der Waals surface area (Å²) in [6.07, 6.45) is 1.63. The van der Waals surface area contributed by atoms with Gasteiger partial charge in [-0.2, -0.15) is 0 Å². The molecule has 19 heavy (non-hydrogen) atoms. The predicted octanol–water partition coefficient (Wildman–Crippen LogP) is 1.70. The summed E-state index contributed by atoms with van der Waals surface area (Å²) >= 11 is 0. The first-order chi connectivity index (χ1) is 9.34. The lowest BCUT2D eigenvalue weighted by Gasteiger charge is -2.28. The van der Waals surface area contributed by atoms with Crippen molar-refractivity contribution in [1.82, 2.24) is 10.6 Å². The van der Waals surface area contributed by atoms with E-state index in [0.717, 1.165) is 24.4 Å². The number of hydrogen-bond donors (Lipinski definition) is 2. The molecule has 98 valence electrons.